The van der Waals surface area contributed by atoms with E-state index < -0.39 is 11.9 Å². The predicted octanol–water partition coefficient (Wildman–Crippen LogP) is 6.00. The van der Waals surface area contributed by atoms with Gasteiger partial charge in [-0.2, -0.15) is 0 Å². The second-order valence-electron chi connectivity index (χ2n) is 12.7. The van der Waals surface area contributed by atoms with E-state index in [9.17, 15) is 19.8 Å². The van der Waals surface area contributed by atoms with Crippen LogP contribution in [0.4, 0.5) is 5.69 Å². The zero-order chi connectivity index (χ0) is 33.2. The summed E-state index contributed by atoms with van der Waals surface area (Å²) < 4.78 is 13.1. The molecule has 0 unspecified atom stereocenters. The largest absolute Gasteiger partial charge is 0.392 e. The van der Waals surface area contributed by atoms with Gasteiger partial charge in [0.25, 0.3) is 0 Å². The van der Waals surface area contributed by atoms with Crippen molar-refractivity contribution in [1.29, 1.82) is 0 Å². The number of nitrogens with zero attached hydrogens (tertiary/aromatic N) is 1. The van der Waals surface area contributed by atoms with E-state index in [-0.39, 0.29) is 30.6 Å². The maximum atomic E-state index is 12.5. The summed E-state index contributed by atoms with van der Waals surface area (Å²) in [6.07, 6.45) is 3.90. The van der Waals surface area contributed by atoms with E-state index in [0.29, 0.717) is 49.5 Å². The summed E-state index contributed by atoms with van der Waals surface area (Å²) in [7, 11) is 0. The van der Waals surface area contributed by atoms with Gasteiger partial charge in [0.15, 0.2) is 6.29 Å². The summed E-state index contributed by atoms with van der Waals surface area (Å²) in [5.74, 6) is -0.0808. The smallest absolute Gasteiger partial charge is 0.224 e. The summed E-state index contributed by atoms with van der Waals surface area (Å²) in [5.41, 5.74) is 3.46. The molecule has 9 nitrogen and oxygen atoms in total. The molecule has 2 aliphatic rings. The Hall–Kier alpha value is -3.31. The molecule has 3 atom stereocenters. The molecule has 2 heterocycles. The Morgan fingerprint density at radius 2 is 1.60 bits per heavy atom. The van der Waals surface area contributed by atoms with E-state index in [1.165, 1.54) is 6.92 Å². The van der Waals surface area contributed by atoms with E-state index >= 15 is 0 Å². The van der Waals surface area contributed by atoms with Crippen molar-refractivity contribution in [2.75, 3.05) is 31.5 Å². The zero-order valence-electron chi connectivity index (χ0n) is 27.0. The summed E-state index contributed by atoms with van der Waals surface area (Å²) in [5, 5.41) is 27.3. The van der Waals surface area contributed by atoms with E-state index in [1.807, 2.05) is 72.8 Å². The Morgan fingerprint density at radius 1 is 0.915 bits per heavy atom. The quantitative estimate of drug-likeness (QED) is 0.166. The van der Waals surface area contributed by atoms with E-state index in [4.69, 9.17) is 21.1 Å². The van der Waals surface area contributed by atoms with Crippen molar-refractivity contribution < 1.29 is 29.3 Å². The number of anilines is 1. The highest BCUT2D eigenvalue weighted by Crippen LogP contribution is 2.39. The second kappa shape index (κ2) is 16.7. The molecule has 0 aromatic heterocycles. The number of aliphatic hydroxyl groups is 2. The fourth-order valence-corrected chi connectivity index (χ4v) is 6.40. The Balaban J connectivity index is 1.19. The van der Waals surface area contributed by atoms with Gasteiger partial charge >= 0.3 is 0 Å². The van der Waals surface area contributed by atoms with Crippen molar-refractivity contribution in [3.05, 3.63) is 100 Å². The van der Waals surface area contributed by atoms with Crippen molar-refractivity contribution >= 4 is 29.1 Å². The molecule has 0 bridgehead atoms. The maximum absolute atomic E-state index is 12.5. The van der Waals surface area contributed by atoms with Crippen LogP contribution in [0.2, 0.25) is 5.02 Å². The third-order valence-corrected chi connectivity index (χ3v) is 9.31. The van der Waals surface area contributed by atoms with Gasteiger partial charge in [0.2, 0.25) is 11.8 Å². The second-order valence-corrected chi connectivity index (χ2v) is 13.1. The van der Waals surface area contributed by atoms with Crippen LogP contribution in [0.1, 0.15) is 86.5 Å². The van der Waals surface area contributed by atoms with Gasteiger partial charge in [-0.25, -0.2) is 0 Å². The van der Waals surface area contributed by atoms with Crippen LogP contribution >= 0.6 is 11.6 Å². The molecule has 0 radical (unpaired) electrons. The minimum Gasteiger partial charge on any atom is -0.392 e. The van der Waals surface area contributed by atoms with Gasteiger partial charge in [-0.05, 0) is 66.6 Å². The van der Waals surface area contributed by atoms with Crippen LogP contribution in [0.3, 0.4) is 0 Å². The number of nitrogens with one attached hydrogen (secondary N) is 2. The number of ether oxygens (including phenoxy) is 2. The molecule has 252 valence electrons. The van der Waals surface area contributed by atoms with Crippen molar-refractivity contribution in [1.82, 2.24) is 10.2 Å². The van der Waals surface area contributed by atoms with Crippen LogP contribution in [-0.2, 0) is 31.3 Å². The summed E-state index contributed by atoms with van der Waals surface area (Å²) >= 11 is 6.07. The number of hydrogen-bond donors (Lipinski definition) is 4. The van der Waals surface area contributed by atoms with Gasteiger partial charge < -0.3 is 35.2 Å². The number of carbonyl (C=O) groups excluding carboxylic acids is 2. The number of amides is 2. The van der Waals surface area contributed by atoms with E-state index in [0.717, 1.165) is 54.6 Å². The first-order valence-electron chi connectivity index (χ1n) is 16.6. The number of unbranched alkanes of at least 4 members (excludes halogenated alkanes) is 2. The lowest BCUT2D eigenvalue weighted by molar-refractivity contribution is -0.253. The van der Waals surface area contributed by atoms with Gasteiger partial charge in [-0.3, -0.25) is 9.59 Å². The van der Waals surface area contributed by atoms with Gasteiger partial charge in [0.05, 0.1) is 24.4 Å². The molecule has 2 saturated heterocycles. The fourth-order valence-electron chi connectivity index (χ4n) is 6.27. The first kappa shape index (κ1) is 35.0. The lowest BCUT2D eigenvalue weighted by atomic mass is 9.84. The molecule has 0 spiro atoms. The average Bonchev–Trinajstić information content (AvgIpc) is 3.08. The average molecular weight is 664 g/mol. The SMILES string of the molecule is CC(=O)NCCCCCC(=O)Nc1ccc([C@@H]2O[C@H](CN3CCC(O)(c4ccc(Cl)cc4)CC3)C[C@H](c3ccc(CO)cc3)O2)cc1. The Kier molecular flexibility index (Phi) is 12.4. The minimum atomic E-state index is -0.873. The number of benzene rings is 3. The monoisotopic (exact) mass is 663 g/mol. The Bertz CT molecular complexity index is 1440. The summed E-state index contributed by atoms with van der Waals surface area (Å²) in [6, 6.07) is 22.9. The van der Waals surface area contributed by atoms with Crippen LogP contribution in [-0.4, -0.2) is 59.2 Å². The number of carbonyl (C=O) groups is 2. The Labute approximate surface area is 282 Å². The highest BCUT2D eigenvalue weighted by atomic mass is 35.5. The lowest BCUT2D eigenvalue weighted by Crippen LogP contribution is -2.46. The minimum absolute atomic E-state index is 0.0149. The number of halogens is 1. The van der Waals surface area contributed by atoms with Crippen molar-refractivity contribution in [2.45, 2.75) is 82.6 Å². The van der Waals surface area contributed by atoms with E-state index in [1.54, 1.807) is 0 Å². The van der Waals surface area contributed by atoms with Gasteiger partial charge in [-0.15, -0.1) is 0 Å². The number of piperidine rings is 1. The third kappa shape index (κ3) is 10.1. The standard InChI is InChI=1S/C37H46ClN3O6/c1-26(43)39-20-4-2-3-5-35(44)40-32-16-10-29(11-17-32)36-46-33(23-34(47-36)28-8-6-27(25-42)7-9-28)24-41-21-18-37(45,19-22-41)30-12-14-31(38)15-13-30/h6-17,33-34,36,42,45H,2-5,18-25H2,1H3,(H,39,43)(H,40,44)/t33-,34+,36+/m0/s1. The zero-order valence-corrected chi connectivity index (χ0v) is 27.8. The highest BCUT2D eigenvalue weighted by molar-refractivity contribution is 6.30. The Morgan fingerprint density at radius 3 is 2.26 bits per heavy atom. The topological polar surface area (TPSA) is 120 Å². The molecule has 4 N–H and O–H groups in total. The molecular formula is C37H46ClN3O6. The predicted molar refractivity (Wildman–Crippen MR) is 182 cm³/mol. The van der Waals surface area contributed by atoms with Gasteiger partial charge in [0, 0.05) is 62.2 Å². The van der Waals surface area contributed by atoms with Crippen molar-refractivity contribution in [3.8, 4) is 0 Å². The molecule has 0 saturated carbocycles. The van der Waals surface area contributed by atoms with Crippen LogP contribution in [0.15, 0.2) is 72.8 Å². The van der Waals surface area contributed by atoms with E-state index in [2.05, 4.69) is 15.5 Å². The molecule has 2 amide bonds. The normalized spacial score (nSPS) is 21.2. The molecular weight excluding hydrogens is 618 g/mol. The number of likely N-dealkylation sites (tertiary alicyclic amines) is 1. The number of hydrogen-bond acceptors (Lipinski definition) is 7. The number of aliphatic hydroxyl groups excluding tert-OH is 1. The molecule has 2 aliphatic heterocycles. The van der Waals surface area contributed by atoms with Crippen molar-refractivity contribution in [3.63, 3.8) is 0 Å². The summed E-state index contributed by atoms with van der Waals surface area (Å²) in [4.78, 5) is 25.8. The molecule has 0 aliphatic carbocycles. The third-order valence-electron chi connectivity index (χ3n) is 9.06. The summed E-state index contributed by atoms with van der Waals surface area (Å²) in [6.45, 7) is 4.30. The van der Waals surface area contributed by atoms with Crippen LogP contribution in [0.5, 0.6) is 0 Å². The van der Waals surface area contributed by atoms with Crippen LogP contribution in [0.25, 0.3) is 0 Å². The van der Waals surface area contributed by atoms with Gasteiger partial charge in [0.1, 0.15) is 0 Å². The maximum Gasteiger partial charge on any atom is 0.224 e. The number of rotatable bonds is 13. The highest BCUT2D eigenvalue weighted by Gasteiger charge is 2.37. The molecule has 10 heteroatoms. The molecule has 47 heavy (non-hydrogen) atoms. The molecule has 3 aromatic carbocycles. The molecule has 3 aromatic rings. The van der Waals surface area contributed by atoms with Crippen LogP contribution < -0.4 is 10.6 Å². The first-order valence-corrected chi connectivity index (χ1v) is 16.9. The van der Waals surface area contributed by atoms with Gasteiger partial charge in [-0.1, -0.05) is 66.6 Å². The van der Waals surface area contributed by atoms with Crippen molar-refractivity contribution in [2.24, 2.45) is 0 Å². The first-order chi connectivity index (χ1) is 22.7. The molecule has 2 fully saturated rings. The lowest BCUT2D eigenvalue weighted by Gasteiger charge is -2.42. The molecule has 5 rings (SSSR count). The fraction of sp³-hybridized carbons (Fsp3) is 0.459. The van der Waals surface area contributed by atoms with Crippen LogP contribution in [0, 0.1) is 0 Å².